The third-order valence-electron chi connectivity index (χ3n) is 7.99. The van der Waals surface area contributed by atoms with Crippen molar-refractivity contribution in [2.75, 3.05) is 36.8 Å². The van der Waals surface area contributed by atoms with Crippen LogP contribution < -0.4 is 9.62 Å². The number of likely N-dealkylation sites (tertiary alicyclic amines) is 1. The summed E-state index contributed by atoms with van der Waals surface area (Å²) in [5.41, 5.74) is 1.38. The van der Waals surface area contributed by atoms with Crippen molar-refractivity contribution in [1.82, 2.24) is 14.5 Å². The number of carbonyl (C=O) groups is 1. The molecule has 1 aromatic rings. The number of hydrogen-bond donors (Lipinski definition) is 1. The summed E-state index contributed by atoms with van der Waals surface area (Å²) in [7, 11) is -3.39. The number of benzene rings is 1. The van der Waals surface area contributed by atoms with E-state index in [4.69, 9.17) is 0 Å². The van der Waals surface area contributed by atoms with Crippen LogP contribution in [0.4, 0.5) is 19.3 Å². The molecule has 0 radical (unpaired) electrons. The molecule has 1 saturated carbocycles. The third kappa shape index (κ3) is 5.97. The molecular formula is C25H38F2N4O3S. The minimum atomic E-state index is -3.39. The fraction of sp³-hybridized carbons (Fsp3) is 0.720. The summed E-state index contributed by atoms with van der Waals surface area (Å²) in [6, 6.07) is 2.47. The van der Waals surface area contributed by atoms with Gasteiger partial charge in [-0.05, 0) is 62.5 Å². The molecule has 1 aliphatic carbocycles. The molecule has 10 heteroatoms. The maximum Gasteiger partial charge on any atom is 0.325 e. The highest BCUT2D eigenvalue weighted by molar-refractivity contribution is 7.89. The first kappa shape index (κ1) is 26.3. The van der Waals surface area contributed by atoms with E-state index in [-0.39, 0.29) is 37.5 Å². The SMILES string of the molecule is CCS(=O)(=O)NCCN1Cc2cc(F)c(F)cc2N(C2CCN(C3CCC(C)(C)CC3)CC2)C1=O. The molecule has 0 unspecified atom stereocenters. The average molecular weight is 513 g/mol. The van der Waals surface area contributed by atoms with Gasteiger partial charge >= 0.3 is 6.03 Å². The zero-order chi connectivity index (χ0) is 25.4. The predicted molar refractivity (Wildman–Crippen MR) is 133 cm³/mol. The molecular weight excluding hydrogens is 474 g/mol. The molecule has 0 atom stereocenters. The Labute approximate surface area is 207 Å². The van der Waals surface area contributed by atoms with Crippen molar-refractivity contribution in [3.05, 3.63) is 29.3 Å². The van der Waals surface area contributed by atoms with Gasteiger partial charge in [0.15, 0.2) is 11.6 Å². The van der Waals surface area contributed by atoms with Crippen molar-refractivity contribution in [1.29, 1.82) is 0 Å². The number of nitrogens with one attached hydrogen (secondary N) is 1. The van der Waals surface area contributed by atoms with Crippen LogP contribution in [0, 0.1) is 17.0 Å². The molecule has 4 rings (SSSR count). The van der Waals surface area contributed by atoms with E-state index in [2.05, 4.69) is 23.5 Å². The van der Waals surface area contributed by atoms with Crippen molar-refractivity contribution < 1.29 is 22.0 Å². The van der Waals surface area contributed by atoms with Crippen molar-refractivity contribution in [2.45, 2.75) is 77.9 Å². The van der Waals surface area contributed by atoms with Crippen molar-refractivity contribution in [3.63, 3.8) is 0 Å². The van der Waals surface area contributed by atoms with E-state index in [1.165, 1.54) is 30.6 Å². The average Bonchev–Trinajstić information content (AvgIpc) is 2.81. The molecule has 2 heterocycles. The minimum Gasteiger partial charge on any atom is -0.319 e. The second-order valence-corrected chi connectivity index (χ2v) is 13.0. The van der Waals surface area contributed by atoms with E-state index < -0.39 is 21.7 Å². The Morgan fingerprint density at radius 3 is 2.29 bits per heavy atom. The molecule has 196 valence electrons. The zero-order valence-corrected chi connectivity index (χ0v) is 21.8. The summed E-state index contributed by atoms with van der Waals surface area (Å²) in [5, 5.41) is 0. The molecule has 0 bridgehead atoms. The highest BCUT2D eigenvalue weighted by Crippen LogP contribution is 2.39. The van der Waals surface area contributed by atoms with Gasteiger partial charge in [0.2, 0.25) is 10.0 Å². The first-order valence-corrected chi connectivity index (χ1v) is 14.4. The first-order valence-electron chi connectivity index (χ1n) is 12.8. The van der Waals surface area contributed by atoms with Gasteiger partial charge in [-0.2, -0.15) is 0 Å². The Morgan fingerprint density at radius 2 is 1.66 bits per heavy atom. The number of rotatable bonds is 7. The quantitative estimate of drug-likeness (QED) is 0.598. The summed E-state index contributed by atoms with van der Waals surface area (Å²) in [6.45, 7) is 8.29. The van der Waals surface area contributed by atoms with Crippen LogP contribution in [-0.4, -0.2) is 68.3 Å². The highest BCUT2D eigenvalue weighted by atomic mass is 32.2. The van der Waals surface area contributed by atoms with Crippen LogP contribution in [0.15, 0.2) is 12.1 Å². The molecule has 35 heavy (non-hydrogen) atoms. The molecule has 7 nitrogen and oxygen atoms in total. The Hall–Kier alpha value is -1.78. The van der Waals surface area contributed by atoms with Gasteiger partial charge in [0, 0.05) is 50.9 Å². The standard InChI is InChI=1S/C25H38F2N4O3S/c1-4-35(33,34)28-11-14-30-17-18-15-21(26)22(27)16-23(18)31(24(30)32)20-7-12-29(13-8-20)19-5-9-25(2,3)10-6-19/h15-16,19-20,28H,4-14,17H2,1-3H3. The van der Waals surface area contributed by atoms with Crippen molar-refractivity contribution in [3.8, 4) is 0 Å². The van der Waals surface area contributed by atoms with Crippen LogP contribution in [0.5, 0.6) is 0 Å². The Bertz CT molecular complexity index is 1030. The fourth-order valence-corrected chi connectivity index (χ4v) is 6.29. The maximum absolute atomic E-state index is 14.2. The second kappa shape index (κ2) is 10.3. The molecule has 2 amide bonds. The van der Waals surface area contributed by atoms with E-state index in [1.54, 1.807) is 11.8 Å². The van der Waals surface area contributed by atoms with Gasteiger partial charge in [-0.1, -0.05) is 13.8 Å². The summed E-state index contributed by atoms with van der Waals surface area (Å²) >= 11 is 0. The van der Waals surface area contributed by atoms with Crippen molar-refractivity contribution >= 4 is 21.7 Å². The molecule has 1 aromatic carbocycles. The Kier molecular flexibility index (Phi) is 7.74. The van der Waals surface area contributed by atoms with E-state index in [1.807, 2.05) is 0 Å². The van der Waals surface area contributed by atoms with Crippen LogP contribution in [0.3, 0.4) is 0 Å². The number of urea groups is 1. The van der Waals surface area contributed by atoms with Gasteiger partial charge in [0.1, 0.15) is 0 Å². The number of hydrogen-bond acceptors (Lipinski definition) is 4. The number of piperidine rings is 1. The van der Waals surface area contributed by atoms with Crippen molar-refractivity contribution in [2.24, 2.45) is 5.41 Å². The molecule has 2 aliphatic heterocycles. The van der Waals surface area contributed by atoms with Crippen LogP contribution in [0.1, 0.15) is 64.9 Å². The lowest BCUT2D eigenvalue weighted by Crippen LogP contribution is -2.56. The summed E-state index contributed by atoms with van der Waals surface area (Å²) in [5.74, 6) is -1.95. The zero-order valence-electron chi connectivity index (χ0n) is 21.0. The van der Waals surface area contributed by atoms with Gasteiger partial charge in [-0.25, -0.2) is 26.7 Å². The first-order chi connectivity index (χ1) is 16.5. The number of anilines is 1. The summed E-state index contributed by atoms with van der Waals surface area (Å²) < 4.78 is 54.3. The van der Waals surface area contributed by atoms with Gasteiger partial charge in [-0.3, -0.25) is 4.90 Å². The molecule has 1 saturated heterocycles. The normalized spacial score (nSPS) is 22.5. The summed E-state index contributed by atoms with van der Waals surface area (Å²) in [4.78, 5) is 19.2. The van der Waals surface area contributed by atoms with E-state index in [0.717, 1.165) is 38.1 Å². The lowest BCUT2D eigenvalue weighted by molar-refractivity contribution is 0.0846. The van der Waals surface area contributed by atoms with E-state index in [9.17, 15) is 22.0 Å². The number of carbonyl (C=O) groups excluding carboxylic acids is 1. The largest absolute Gasteiger partial charge is 0.325 e. The van der Waals surface area contributed by atoms with E-state index >= 15 is 0 Å². The van der Waals surface area contributed by atoms with Crippen LogP contribution in [0.2, 0.25) is 0 Å². The number of halogens is 2. The number of nitrogens with zero attached hydrogens (tertiary/aromatic N) is 3. The molecule has 1 N–H and O–H groups in total. The lowest BCUT2D eigenvalue weighted by Gasteiger charge is -2.47. The minimum absolute atomic E-state index is 0.0442. The second-order valence-electron chi connectivity index (χ2n) is 10.9. The molecule has 2 fully saturated rings. The maximum atomic E-state index is 14.2. The molecule has 3 aliphatic rings. The highest BCUT2D eigenvalue weighted by Gasteiger charge is 2.39. The summed E-state index contributed by atoms with van der Waals surface area (Å²) in [6.07, 6.45) is 6.35. The van der Waals surface area contributed by atoms with Crippen LogP contribution >= 0.6 is 0 Å². The molecule has 0 spiro atoms. The Morgan fingerprint density at radius 1 is 1.03 bits per heavy atom. The van der Waals surface area contributed by atoms with Crippen LogP contribution in [-0.2, 0) is 16.6 Å². The monoisotopic (exact) mass is 512 g/mol. The third-order valence-corrected chi connectivity index (χ3v) is 9.40. The lowest BCUT2D eigenvalue weighted by atomic mass is 9.75. The van der Waals surface area contributed by atoms with Crippen LogP contribution in [0.25, 0.3) is 0 Å². The predicted octanol–water partition coefficient (Wildman–Crippen LogP) is 4.08. The van der Waals surface area contributed by atoms with Gasteiger partial charge in [0.05, 0.1) is 11.4 Å². The number of sulfonamides is 1. The Balaban J connectivity index is 1.47. The van der Waals surface area contributed by atoms with Gasteiger partial charge in [-0.15, -0.1) is 0 Å². The van der Waals surface area contributed by atoms with Gasteiger partial charge in [0.25, 0.3) is 0 Å². The fourth-order valence-electron chi connectivity index (χ4n) is 5.68. The molecule has 0 aromatic heterocycles. The smallest absolute Gasteiger partial charge is 0.319 e. The van der Waals surface area contributed by atoms with Gasteiger partial charge < -0.3 is 9.80 Å². The number of fused-ring (bicyclic) bond motifs is 1. The van der Waals surface area contributed by atoms with E-state index in [0.29, 0.717) is 22.7 Å². The topological polar surface area (TPSA) is 73.0 Å². The number of amides is 2.